The minimum absolute atomic E-state index is 0.0284. The van der Waals surface area contributed by atoms with E-state index in [1.807, 2.05) is 37.1 Å². The summed E-state index contributed by atoms with van der Waals surface area (Å²) in [4.78, 5) is 92.2. The van der Waals surface area contributed by atoms with E-state index >= 15 is 4.79 Å². The molecule has 6 aliphatic rings. The molecule has 1 spiro atoms. The molecule has 1 aliphatic carbocycles. The second-order valence-corrected chi connectivity index (χ2v) is 20.3. The lowest BCUT2D eigenvalue weighted by Gasteiger charge is -2.63. The van der Waals surface area contributed by atoms with Crippen molar-refractivity contribution < 1.29 is 98.5 Å². The highest BCUT2D eigenvalue weighted by Gasteiger charge is 2.80. The quantitative estimate of drug-likeness (QED) is 0.0633. The topological polar surface area (TPSA) is 364 Å². The number of anilines is 1. The van der Waals surface area contributed by atoms with E-state index < -0.39 is 94.2 Å². The minimum atomic E-state index is -2.27. The average molecular weight is 1080 g/mol. The van der Waals surface area contributed by atoms with Gasteiger partial charge >= 0.3 is 41.8 Å². The highest BCUT2D eigenvalue weighted by molar-refractivity contribution is 5.95. The number of likely N-dealkylation sites (N-methyl/N-ethyl adjacent to an activating group) is 1. The zero-order valence-corrected chi connectivity index (χ0v) is 43.5. The maximum absolute atomic E-state index is 15.2. The summed E-state index contributed by atoms with van der Waals surface area (Å²) in [7, 11) is 6.22. The van der Waals surface area contributed by atoms with Crippen molar-refractivity contribution in [1.82, 2.24) is 14.8 Å². The van der Waals surface area contributed by atoms with Gasteiger partial charge in [0.15, 0.2) is 30.5 Å². The van der Waals surface area contributed by atoms with Crippen LogP contribution in [0.1, 0.15) is 68.8 Å². The van der Waals surface area contributed by atoms with E-state index in [2.05, 4.69) is 58.1 Å². The van der Waals surface area contributed by atoms with Gasteiger partial charge in [0.2, 0.25) is 5.60 Å². The molecule has 9 rings (SSSR count). The van der Waals surface area contributed by atoms with Gasteiger partial charge in [-0.1, -0.05) is 55.8 Å². The van der Waals surface area contributed by atoms with Gasteiger partial charge in [0, 0.05) is 90.9 Å². The lowest BCUT2D eigenvalue weighted by atomic mass is 9.47. The second-order valence-electron chi connectivity index (χ2n) is 20.3. The lowest BCUT2D eigenvalue weighted by Crippen LogP contribution is -2.81. The summed E-state index contributed by atoms with van der Waals surface area (Å²) < 4.78 is 23.9. The number of methoxy groups -OCH3 is 3. The number of aromatic nitrogens is 1. The SMILES string of the molecule is CCC1=C[C@H]2CN(C1)Cc1c([nH]c3ccccc13)[C@@](C(=O)OC)(c1cc3c(cc1OC)N(C)[C@@H]1[C@@]34CCN3CC=C[C@@](CC)(C(OC(C)=O)[C@]1(O)C(=O)OC)[C@@H]34)C2.O=C(O)[C@H](O)[C@@H](O)C(=O)O.O=C(O)[C@H](O)[C@@H](O)C(=O)O. The van der Waals surface area contributed by atoms with Crippen molar-refractivity contribution in [3.8, 4) is 5.75 Å². The number of aromatic amines is 1. The standard InChI is InChI=1S/C45H54N4O8.2C4H6O6/c1-8-27-19-28-22-44(40(51)55-6,36-30(25-48(23-27)24-28)29-13-10-11-14-33(29)46-36)32-20-31-34(21-35(32)54-5)47(4)38-43(31)16-18-49-17-12-15-42(9-2,37(43)49)39(57-26(3)50)45(38,53)41(52)56-7;2*5-1(3(7)8)2(6)4(9)10/h10-15,19-21,28,37-39,46,53H,8-9,16-18,22-25H2,1-7H3;2*1-2,5-6H,(H,7,8)(H,9,10)/t28-,37-,38-,39?,42-,43+,44+,45+;2*1-,2-/m111/s1. The van der Waals surface area contributed by atoms with Gasteiger partial charge in [-0.05, 0) is 61.4 Å². The smallest absolute Gasteiger partial charge is 0.344 e. The van der Waals surface area contributed by atoms with E-state index in [-0.39, 0.29) is 17.9 Å². The second kappa shape index (κ2) is 21.8. The number of carbonyl (C=O) groups is 7. The number of hydrogen-bond acceptors (Lipinski definition) is 19. The van der Waals surface area contributed by atoms with Gasteiger partial charge in [-0.3, -0.25) is 19.4 Å². The summed E-state index contributed by atoms with van der Waals surface area (Å²) in [6.45, 7) is 9.19. The van der Waals surface area contributed by atoms with Crippen LogP contribution in [0.5, 0.6) is 5.75 Å². The Bertz CT molecular complexity index is 2830. The van der Waals surface area contributed by atoms with Gasteiger partial charge in [-0.15, -0.1) is 0 Å². The Morgan fingerprint density at radius 2 is 1.40 bits per heavy atom. The third kappa shape index (κ3) is 9.27. The summed E-state index contributed by atoms with van der Waals surface area (Å²) in [6, 6.07) is 11.2. The van der Waals surface area contributed by atoms with Gasteiger partial charge < -0.3 is 74.8 Å². The van der Waals surface area contributed by atoms with E-state index in [1.165, 1.54) is 26.7 Å². The fourth-order valence-corrected chi connectivity index (χ4v) is 13.4. The Balaban J connectivity index is 0.000000365. The van der Waals surface area contributed by atoms with Crippen molar-refractivity contribution in [3.63, 3.8) is 0 Å². The van der Waals surface area contributed by atoms with E-state index in [0.29, 0.717) is 50.2 Å². The number of aliphatic hydroxyl groups excluding tert-OH is 4. The third-order valence-corrected chi connectivity index (χ3v) is 16.4. The highest BCUT2D eigenvalue weighted by atomic mass is 16.6. The molecular weight excluding hydrogens is 1010 g/mol. The molecule has 2 aromatic carbocycles. The molecule has 6 heterocycles. The van der Waals surface area contributed by atoms with Gasteiger partial charge in [0.25, 0.3) is 0 Å². The van der Waals surface area contributed by atoms with Gasteiger partial charge in [-0.2, -0.15) is 0 Å². The maximum Gasteiger partial charge on any atom is 0.344 e. The number of H-pyrrole nitrogens is 1. The first-order chi connectivity index (χ1) is 36.3. The number of hydrogen-bond donors (Lipinski definition) is 10. The van der Waals surface area contributed by atoms with Gasteiger partial charge in [0.05, 0.1) is 27.4 Å². The molecule has 418 valence electrons. The Kier molecular flexibility index (Phi) is 16.4. The van der Waals surface area contributed by atoms with Crippen LogP contribution in [-0.2, 0) is 65.1 Å². The zero-order valence-electron chi connectivity index (χ0n) is 43.5. The molecule has 10 N–H and O–H groups in total. The molecule has 1 saturated carbocycles. The maximum atomic E-state index is 15.2. The number of fused-ring (bicyclic) bond motifs is 6. The summed E-state index contributed by atoms with van der Waals surface area (Å²) in [5.41, 5.74) is 1.05. The van der Waals surface area contributed by atoms with Crippen molar-refractivity contribution in [2.24, 2.45) is 11.3 Å². The third-order valence-electron chi connectivity index (χ3n) is 16.4. The molecule has 2 unspecified atom stereocenters. The number of carboxylic acid groups (broad SMARTS) is 4. The monoisotopic (exact) mass is 1080 g/mol. The van der Waals surface area contributed by atoms with Crippen molar-refractivity contribution in [2.75, 3.05) is 59.5 Å². The van der Waals surface area contributed by atoms with Gasteiger partial charge in [0.1, 0.15) is 11.2 Å². The van der Waals surface area contributed by atoms with Crippen LogP contribution >= 0.6 is 0 Å². The van der Waals surface area contributed by atoms with E-state index in [0.717, 1.165) is 52.9 Å². The number of esters is 3. The van der Waals surface area contributed by atoms with Crippen LogP contribution in [0.25, 0.3) is 10.9 Å². The summed E-state index contributed by atoms with van der Waals surface area (Å²) in [5, 5.41) is 79.4. The molecule has 0 radical (unpaired) electrons. The van der Waals surface area contributed by atoms with Crippen LogP contribution in [0, 0.1) is 11.3 Å². The Morgan fingerprint density at radius 3 is 1.94 bits per heavy atom. The molecule has 24 heteroatoms. The van der Waals surface area contributed by atoms with Crippen LogP contribution in [0.3, 0.4) is 0 Å². The molecule has 2 fully saturated rings. The van der Waals surface area contributed by atoms with E-state index in [4.69, 9.17) is 59.8 Å². The number of carbonyl (C=O) groups excluding carboxylic acids is 3. The van der Waals surface area contributed by atoms with Crippen molar-refractivity contribution in [3.05, 3.63) is 82.6 Å². The van der Waals surface area contributed by atoms with Crippen molar-refractivity contribution in [2.45, 2.75) is 112 Å². The zero-order chi connectivity index (χ0) is 56.9. The first kappa shape index (κ1) is 57.8. The molecule has 2 bridgehead atoms. The first-order valence-electron chi connectivity index (χ1n) is 24.9. The molecule has 1 saturated heterocycles. The number of benzene rings is 2. The number of rotatable bonds is 13. The van der Waals surface area contributed by atoms with Crippen LogP contribution in [0.15, 0.2) is 60.2 Å². The summed E-state index contributed by atoms with van der Waals surface area (Å²) in [5.74, 6) is -8.39. The predicted octanol–water partition coefficient (Wildman–Crippen LogP) is 0.508. The number of nitrogens with zero attached hydrogens (tertiary/aromatic N) is 3. The molecular formula is C53H66N4O20. The van der Waals surface area contributed by atoms with Crippen molar-refractivity contribution >= 4 is 58.4 Å². The summed E-state index contributed by atoms with van der Waals surface area (Å²) >= 11 is 0. The van der Waals surface area contributed by atoms with Crippen molar-refractivity contribution in [1.29, 1.82) is 0 Å². The molecule has 77 heavy (non-hydrogen) atoms. The van der Waals surface area contributed by atoms with E-state index in [9.17, 15) is 33.9 Å². The number of ether oxygens (including phenoxy) is 4. The Hall–Kier alpha value is -6.93. The number of aliphatic hydroxyl groups is 5. The fourth-order valence-electron chi connectivity index (χ4n) is 13.4. The van der Waals surface area contributed by atoms with Gasteiger partial charge in [-0.25, -0.2) is 24.0 Å². The largest absolute Gasteiger partial charge is 0.496 e. The van der Waals surface area contributed by atoms with Crippen LogP contribution in [0.2, 0.25) is 0 Å². The van der Waals surface area contributed by atoms with Crippen LogP contribution in [0.4, 0.5) is 5.69 Å². The predicted molar refractivity (Wildman–Crippen MR) is 269 cm³/mol. The lowest BCUT2D eigenvalue weighted by molar-refractivity contribution is -0.228. The number of para-hydroxylation sites is 1. The first-order valence-corrected chi connectivity index (χ1v) is 24.9. The minimum Gasteiger partial charge on any atom is -0.496 e. The Morgan fingerprint density at radius 1 is 0.805 bits per heavy atom. The number of carboxylic acids is 4. The average Bonchev–Trinajstić information content (AvgIpc) is 4.08. The van der Waals surface area contributed by atoms with Crippen LogP contribution in [-0.4, -0.2) is 205 Å². The molecule has 13 atom stereocenters. The molecule has 5 aliphatic heterocycles. The Labute approximate surface area is 441 Å². The highest BCUT2D eigenvalue weighted by Crippen LogP contribution is 2.68. The van der Waals surface area contributed by atoms with E-state index in [1.54, 1.807) is 7.11 Å². The number of aliphatic carboxylic acids is 4. The fraction of sp³-hybridized carbons (Fsp3) is 0.528. The van der Waals surface area contributed by atoms with Crippen LogP contribution < -0.4 is 9.64 Å². The number of nitrogens with one attached hydrogen (secondary N) is 1. The summed E-state index contributed by atoms with van der Waals surface area (Å²) in [6.07, 6.45) is -1.39. The molecule has 3 aromatic rings. The molecule has 1 aromatic heterocycles. The normalized spacial score (nSPS) is 29.9. The molecule has 0 amide bonds. The molecule has 24 nitrogen and oxygen atoms in total.